The second-order valence-electron chi connectivity index (χ2n) is 5.28. The van der Waals surface area contributed by atoms with E-state index in [9.17, 15) is 26.8 Å². The van der Waals surface area contributed by atoms with Gasteiger partial charge in [-0.2, -0.15) is 17.2 Å². The van der Waals surface area contributed by atoms with Crippen LogP contribution in [0.5, 0.6) is 5.75 Å². The molecule has 0 aromatic heterocycles. The largest absolute Gasteiger partial charge is 0.455 e. The van der Waals surface area contributed by atoms with Crippen molar-refractivity contribution in [2.75, 3.05) is 6.61 Å². The number of ether oxygens (including phenoxy) is 2. The molecule has 0 aliphatic rings. The maximum atomic E-state index is 12.9. The highest BCUT2D eigenvalue weighted by Gasteiger charge is 2.45. The first kappa shape index (κ1) is 22.8. The Morgan fingerprint density at radius 2 is 1.78 bits per heavy atom. The minimum atomic E-state index is -5.74. The number of esters is 2. The van der Waals surface area contributed by atoms with Gasteiger partial charge >= 0.3 is 27.3 Å². The summed E-state index contributed by atoms with van der Waals surface area (Å²) in [6.07, 6.45) is 1.37. The van der Waals surface area contributed by atoms with Crippen molar-refractivity contribution >= 4 is 37.7 Å². The van der Waals surface area contributed by atoms with Gasteiger partial charge in [-0.1, -0.05) is 30.3 Å². The third-order valence-corrected chi connectivity index (χ3v) is 4.06. The molecule has 0 atom stereocenters. The van der Waals surface area contributed by atoms with Gasteiger partial charge in [0.2, 0.25) is 0 Å². The van der Waals surface area contributed by atoms with E-state index in [4.69, 9.17) is 25.0 Å². The predicted octanol–water partition coefficient (Wildman–Crippen LogP) is 0.817. The summed E-state index contributed by atoms with van der Waals surface area (Å²) in [5.41, 5.74) is 1.83. The lowest BCUT2D eigenvalue weighted by Crippen LogP contribution is -2.34. The van der Waals surface area contributed by atoms with Gasteiger partial charge in [-0.3, -0.25) is 4.55 Å². The summed E-state index contributed by atoms with van der Waals surface area (Å²) in [4.78, 5) is 23.1. The first-order valence-corrected chi connectivity index (χ1v) is 8.79. The average molecular weight is 398 g/mol. The normalized spacial score (nSPS) is 12.1. The molecule has 142 valence electrons. The lowest BCUT2D eigenvalue weighted by molar-refractivity contribution is -0.144. The molecule has 1 aromatic rings. The molecule has 4 radical (unpaired) electrons. The number of carbonyl (C=O) groups excluding carboxylic acids is 2. The van der Waals surface area contributed by atoms with Crippen LogP contribution in [0.25, 0.3) is 0 Å². The van der Waals surface area contributed by atoms with Crippen LogP contribution in [0.4, 0.5) is 8.78 Å². The zero-order chi connectivity index (χ0) is 20.8. The summed E-state index contributed by atoms with van der Waals surface area (Å²) < 4.78 is 63.9. The van der Waals surface area contributed by atoms with Crippen molar-refractivity contribution in [1.29, 1.82) is 0 Å². The van der Waals surface area contributed by atoms with Crippen LogP contribution in [0.3, 0.4) is 0 Å². The van der Waals surface area contributed by atoms with Gasteiger partial charge in [-0.15, -0.1) is 0 Å². The van der Waals surface area contributed by atoms with Crippen molar-refractivity contribution in [2.24, 2.45) is 0 Å². The number of rotatable bonds is 8. The molecule has 12 heteroatoms. The van der Waals surface area contributed by atoms with E-state index in [1.165, 1.54) is 0 Å². The van der Waals surface area contributed by atoms with E-state index in [2.05, 4.69) is 4.74 Å². The average Bonchev–Trinajstić information content (AvgIpc) is 2.58. The van der Waals surface area contributed by atoms with E-state index < -0.39 is 33.9 Å². The van der Waals surface area contributed by atoms with Crippen molar-refractivity contribution < 1.29 is 40.8 Å². The first-order valence-electron chi connectivity index (χ1n) is 7.35. The second-order valence-corrected chi connectivity index (χ2v) is 6.83. The molecule has 1 aromatic carbocycles. The van der Waals surface area contributed by atoms with Crippen molar-refractivity contribution in [3.8, 4) is 5.75 Å². The summed E-state index contributed by atoms with van der Waals surface area (Å²) in [6.45, 7) is -0.267. The summed E-state index contributed by atoms with van der Waals surface area (Å²) in [6, 6.07) is 3.32. The molecule has 27 heavy (non-hydrogen) atoms. The van der Waals surface area contributed by atoms with Crippen LogP contribution in [0.2, 0.25) is 0 Å². The first-order chi connectivity index (χ1) is 12.4. The number of benzene rings is 1. The number of hydrogen-bond donors (Lipinski definition) is 1. The van der Waals surface area contributed by atoms with Gasteiger partial charge in [0.05, 0.1) is 15.7 Å². The van der Waals surface area contributed by atoms with Crippen LogP contribution in [0, 0.1) is 6.92 Å². The van der Waals surface area contributed by atoms with Gasteiger partial charge in [0.25, 0.3) is 0 Å². The molecule has 0 bridgehead atoms. The Morgan fingerprint density at radius 1 is 1.19 bits per heavy atom. The summed E-state index contributed by atoms with van der Waals surface area (Å²) in [5, 5.41) is -4.67. The molecule has 0 aliphatic carbocycles. The lowest BCUT2D eigenvalue weighted by Gasteiger charge is -2.13. The Balaban J connectivity index is 2.76. The van der Waals surface area contributed by atoms with E-state index >= 15 is 0 Å². The van der Waals surface area contributed by atoms with Crippen molar-refractivity contribution in [2.45, 2.75) is 24.8 Å². The molecular weight excluding hydrogens is 384 g/mol. The van der Waals surface area contributed by atoms with Gasteiger partial charge in [0, 0.05) is 12.2 Å². The molecule has 0 amide bonds. The van der Waals surface area contributed by atoms with E-state index in [1.807, 2.05) is 0 Å². The highest BCUT2D eigenvalue weighted by molar-refractivity contribution is 7.86. The highest BCUT2D eigenvalue weighted by Crippen LogP contribution is 2.26. The molecule has 0 fully saturated rings. The van der Waals surface area contributed by atoms with Crippen LogP contribution in [-0.4, -0.2) is 52.5 Å². The molecule has 0 saturated carbocycles. The number of halogens is 2. The molecule has 7 nitrogen and oxygen atoms in total. The van der Waals surface area contributed by atoms with Crippen LogP contribution < -0.4 is 4.74 Å². The molecule has 0 saturated heterocycles. The molecule has 0 aliphatic heterocycles. The van der Waals surface area contributed by atoms with Gasteiger partial charge < -0.3 is 9.47 Å². The minimum absolute atomic E-state index is 0.0494. The minimum Gasteiger partial charge on any atom is -0.455 e. The summed E-state index contributed by atoms with van der Waals surface area (Å²) in [5.74, 6) is -2.30. The fourth-order valence-electron chi connectivity index (χ4n) is 1.89. The highest BCUT2D eigenvalue weighted by atomic mass is 32.2. The molecule has 0 heterocycles. The van der Waals surface area contributed by atoms with Crippen LogP contribution >= 0.6 is 0 Å². The lowest BCUT2D eigenvalue weighted by atomic mass is 9.89. The quantitative estimate of drug-likeness (QED) is 0.227. The maximum absolute atomic E-state index is 12.9. The fourth-order valence-corrected chi connectivity index (χ4v) is 2.10. The SMILES string of the molecule is [B]Cc1cc(C)c(OC(=O)/C=C/C(=O)OCC(F)(F)S(=O)(=O)O)c(C[B])c1. The van der Waals surface area contributed by atoms with Gasteiger partial charge in [-0.05, 0) is 18.1 Å². The summed E-state index contributed by atoms with van der Waals surface area (Å²) >= 11 is 0. The van der Waals surface area contributed by atoms with E-state index in [0.717, 1.165) is 5.56 Å². The summed E-state index contributed by atoms with van der Waals surface area (Å²) in [7, 11) is 5.40. The zero-order valence-electron chi connectivity index (χ0n) is 14.1. The van der Waals surface area contributed by atoms with Crippen LogP contribution in [0.1, 0.15) is 16.7 Å². The Bertz CT molecular complexity index is 854. The van der Waals surface area contributed by atoms with Gasteiger partial charge in [0.1, 0.15) is 5.75 Å². The molecule has 1 N–H and O–H groups in total. The van der Waals surface area contributed by atoms with Crippen LogP contribution in [0.15, 0.2) is 24.3 Å². The number of aryl methyl sites for hydroxylation is 1. The number of hydrogen-bond acceptors (Lipinski definition) is 6. The number of carbonyl (C=O) groups is 2. The monoisotopic (exact) mass is 398 g/mol. The molecule has 0 unspecified atom stereocenters. The predicted molar refractivity (Wildman–Crippen MR) is 92.3 cm³/mol. The van der Waals surface area contributed by atoms with E-state index in [1.54, 1.807) is 19.1 Å². The van der Waals surface area contributed by atoms with Gasteiger partial charge in [-0.25, -0.2) is 9.59 Å². The fraction of sp³-hybridized carbons (Fsp3) is 0.333. The third kappa shape index (κ3) is 6.47. The van der Waals surface area contributed by atoms with Gasteiger partial charge in [0.15, 0.2) is 6.61 Å². The number of alkyl halides is 2. The molecule has 0 spiro atoms. The standard InChI is InChI=1S/C15H14B2F2O7S/c1-9-4-10(6-16)5-11(7-17)14(9)26-13(21)3-2-12(20)25-8-15(18,19)27(22,23)24/h2-5H,6-8H2,1H3,(H,22,23,24)/b3-2+. The smallest absolute Gasteiger partial charge is 0.402 e. The third-order valence-electron chi connectivity index (χ3n) is 3.18. The van der Waals surface area contributed by atoms with Crippen molar-refractivity contribution in [3.05, 3.63) is 41.0 Å². The zero-order valence-corrected chi connectivity index (χ0v) is 15.0. The molecular formula is C15H14B2F2O7S. The van der Waals surface area contributed by atoms with E-state index in [0.29, 0.717) is 23.3 Å². The Hall–Kier alpha value is -2.20. The van der Waals surface area contributed by atoms with Crippen molar-refractivity contribution in [3.63, 3.8) is 0 Å². The topological polar surface area (TPSA) is 107 Å². The Kier molecular flexibility index (Phi) is 7.73. The molecule has 1 rings (SSSR count). The van der Waals surface area contributed by atoms with Crippen molar-refractivity contribution in [1.82, 2.24) is 0 Å². The maximum Gasteiger partial charge on any atom is 0.402 e. The second kappa shape index (κ2) is 9.14. The Morgan fingerprint density at radius 3 is 2.30 bits per heavy atom. The Labute approximate surface area is 157 Å². The van der Waals surface area contributed by atoms with Crippen LogP contribution in [-0.2, 0) is 37.1 Å². The van der Waals surface area contributed by atoms with E-state index in [-0.39, 0.29) is 18.4 Å².